The summed E-state index contributed by atoms with van der Waals surface area (Å²) in [5, 5.41) is 4.86. The number of ether oxygens (including phenoxy) is 1. The fourth-order valence-electron chi connectivity index (χ4n) is 2.19. The molecule has 3 rings (SSSR count). The van der Waals surface area contributed by atoms with E-state index in [-0.39, 0.29) is 24.1 Å². The van der Waals surface area contributed by atoms with Gasteiger partial charge in [0.1, 0.15) is 5.82 Å². The number of aromatic nitrogens is 1. The third-order valence-electron chi connectivity index (χ3n) is 3.36. The lowest BCUT2D eigenvalue weighted by atomic mass is 10.2. The van der Waals surface area contributed by atoms with Crippen LogP contribution in [0.4, 0.5) is 9.52 Å². The van der Waals surface area contributed by atoms with Crippen molar-refractivity contribution in [2.75, 3.05) is 11.9 Å². The Hall–Kier alpha value is -2.58. The lowest BCUT2D eigenvalue weighted by Gasteiger charge is -1.99. The Morgan fingerprint density at radius 1 is 1.19 bits per heavy atom. The van der Waals surface area contributed by atoms with E-state index in [1.807, 2.05) is 6.07 Å². The number of halogens is 1. The standard InChI is InChI=1S/C18H15FN2O3S2/c1-2-24-16(22)9-13-10-25-18(20-13)21-17(23)15-8-7-14(26-15)11-3-5-12(19)6-4-11/h3-8,10H,2,9H2,1H3,(H,20,21,23). The number of benzene rings is 1. The minimum atomic E-state index is -0.349. The quantitative estimate of drug-likeness (QED) is 0.635. The summed E-state index contributed by atoms with van der Waals surface area (Å²) < 4.78 is 17.9. The Labute approximate surface area is 157 Å². The second-order valence-corrected chi connectivity index (χ2v) is 7.19. The van der Waals surface area contributed by atoms with Crippen LogP contribution < -0.4 is 5.32 Å². The molecular formula is C18H15FN2O3S2. The molecule has 0 spiro atoms. The van der Waals surface area contributed by atoms with E-state index in [9.17, 15) is 14.0 Å². The third kappa shape index (κ3) is 4.53. The topological polar surface area (TPSA) is 68.3 Å². The average Bonchev–Trinajstić information content (AvgIpc) is 3.25. The smallest absolute Gasteiger partial charge is 0.311 e. The summed E-state index contributed by atoms with van der Waals surface area (Å²) in [7, 11) is 0. The Balaban J connectivity index is 1.64. The largest absolute Gasteiger partial charge is 0.466 e. The summed E-state index contributed by atoms with van der Waals surface area (Å²) in [6.45, 7) is 2.06. The summed E-state index contributed by atoms with van der Waals surface area (Å²) in [6, 6.07) is 9.65. The molecule has 0 aliphatic heterocycles. The van der Waals surface area contributed by atoms with Crippen molar-refractivity contribution in [1.82, 2.24) is 4.98 Å². The number of hydrogen-bond donors (Lipinski definition) is 1. The first kappa shape index (κ1) is 18.2. The van der Waals surface area contributed by atoms with Gasteiger partial charge in [-0.05, 0) is 36.8 Å². The lowest BCUT2D eigenvalue weighted by Crippen LogP contribution is -2.11. The van der Waals surface area contributed by atoms with Crippen LogP contribution >= 0.6 is 22.7 Å². The second kappa shape index (κ2) is 8.20. The third-order valence-corrected chi connectivity index (χ3v) is 5.30. The molecule has 5 nitrogen and oxygen atoms in total. The minimum Gasteiger partial charge on any atom is -0.466 e. The van der Waals surface area contributed by atoms with E-state index in [4.69, 9.17) is 4.74 Å². The van der Waals surface area contributed by atoms with E-state index in [1.165, 1.54) is 34.8 Å². The zero-order valence-corrected chi connectivity index (χ0v) is 15.5. The highest BCUT2D eigenvalue weighted by Gasteiger charge is 2.14. The number of rotatable bonds is 6. The highest BCUT2D eigenvalue weighted by Crippen LogP contribution is 2.29. The number of thiophene rings is 1. The van der Waals surface area contributed by atoms with Crippen LogP contribution in [0.25, 0.3) is 10.4 Å². The molecule has 1 amide bonds. The number of carbonyl (C=O) groups is 2. The van der Waals surface area contributed by atoms with Crippen LogP contribution in [-0.4, -0.2) is 23.5 Å². The summed E-state index contributed by atoms with van der Waals surface area (Å²) in [5.41, 5.74) is 1.41. The number of esters is 1. The Morgan fingerprint density at radius 3 is 2.69 bits per heavy atom. The zero-order chi connectivity index (χ0) is 18.5. The van der Waals surface area contributed by atoms with Gasteiger partial charge in [0.05, 0.1) is 23.6 Å². The van der Waals surface area contributed by atoms with Gasteiger partial charge in [-0.3, -0.25) is 14.9 Å². The molecule has 0 saturated carbocycles. The number of hydrogen-bond acceptors (Lipinski definition) is 6. The second-order valence-electron chi connectivity index (χ2n) is 5.25. The molecule has 0 aliphatic carbocycles. The molecule has 1 aromatic carbocycles. The first-order valence-corrected chi connectivity index (χ1v) is 9.52. The molecule has 26 heavy (non-hydrogen) atoms. The lowest BCUT2D eigenvalue weighted by molar-refractivity contribution is -0.142. The normalized spacial score (nSPS) is 10.5. The highest BCUT2D eigenvalue weighted by atomic mass is 32.1. The molecule has 0 unspecified atom stereocenters. The van der Waals surface area contributed by atoms with Gasteiger partial charge >= 0.3 is 5.97 Å². The maximum Gasteiger partial charge on any atom is 0.311 e. The van der Waals surface area contributed by atoms with Crippen molar-refractivity contribution >= 4 is 39.7 Å². The van der Waals surface area contributed by atoms with Gasteiger partial charge in [-0.1, -0.05) is 12.1 Å². The minimum absolute atomic E-state index is 0.0773. The van der Waals surface area contributed by atoms with E-state index < -0.39 is 0 Å². The fourth-order valence-corrected chi connectivity index (χ4v) is 3.81. The number of anilines is 1. The predicted molar refractivity (Wildman–Crippen MR) is 100 cm³/mol. The van der Waals surface area contributed by atoms with Crippen molar-refractivity contribution in [3.63, 3.8) is 0 Å². The van der Waals surface area contributed by atoms with E-state index in [1.54, 1.807) is 30.5 Å². The molecule has 0 fully saturated rings. The van der Waals surface area contributed by atoms with Gasteiger partial charge in [0.15, 0.2) is 5.13 Å². The molecule has 134 valence electrons. The van der Waals surface area contributed by atoms with Crippen LogP contribution in [0.5, 0.6) is 0 Å². The van der Waals surface area contributed by atoms with Crippen LogP contribution in [0, 0.1) is 5.82 Å². The van der Waals surface area contributed by atoms with Crippen molar-refractivity contribution in [2.45, 2.75) is 13.3 Å². The van der Waals surface area contributed by atoms with Crippen molar-refractivity contribution < 1.29 is 18.7 Å². The van der Waals surface area contributed by atoms with Crippen LogP contribution in [0.15, 0.2) is 41.8 Å². The van der Waals surface area contributed by atoms with Gasteiger partial charge in [-0.15, -0.1) is 22.7 Å². The molecule has 0 saturated heterocycles. The number of thiazole rings is 1. The van der Waals surface area contributed by atoms with E-state index in [0.717, 1.165) is 10.4 Å². The Morgan fingerprint density at radius 2 is 1.96 bits per heavy atom. The Kier molecular flexibility index (Phi) is 5.75. The number of amides is 1. The molecule has 1 N–H and O–H groups in total. The van der Waals surface area contributed by atoms with Gasteiger partial charge < -0.3 is 4.74 Å². The summed E-state index contributed by atoms with van der Waals surface area (Å²) in [6.07, 6.45) is 0.0773. The maximum atomic E-state index is 13.0. The van der Waals surface area contributed by atoms with Crippen molar-refractivity contribution in [1.29, 1.82) is 0 Å². The van der Waals surface area contributed by atoms with Crippen molar-refractivity contribution in [2.24, 2.45) is 0 Å². The average molecular weight is 390 g/mol. The van der Waals surface area contributed by atoms with Gasteiger partial charge in [0, 0.05) is 10.3 Å². The van der Waals surface area contributed by atoms with Crippen LogP contribution in [0.1, 0.15) is 22.3 Å². The van der Waals surface area contributed by atoms with Crippen LogP contribution in [-0.2, 0) is 16.0 Å². The Bertz CT molecular complexity index is 919. The van der Waals surface area contributed by atoms with E-state index >= 15 is 0 Å². The maximum absolute atomic E-state index is 13.0. The highest BCUT2D eigenvalue weighted by molar-refractivity contribution is 7.17. The molecule has 2 heterocycles. The number of carbonyl (C=O) groups excluding carboxylic acids is 2. The van der Waals surface area contributed by atoms with Crippen molar-refractivity contribution in [3.8, 4) is 10.4 Å². The predicted octanol–water partition coefficient (Wildman–Crippen LogP) is 4.37. The number of nitrogens with one attached hydrogen (secondary N) is 1. The summed E-state index contributed by atoms with van der Waals surface area (Å²) >= 11 is 2.56. The molecule has 0 radical (unpaired) electrons. The van der Waals surface area contributed by atoms with Gasteiger partial charge in [-0.25, -0.2) is 9.37 Å². The van der Waals surface area contributed by atoms with E-state index in [0.29, 0.717) is 22.3 Å². The first-order valence-electron chi connectivity index (χ1n) is 7.82. The monoisotopic (exact) mass is 390 g/mol. The molecule has 0 bridgehead atoms. The van der Waals surface area contributed by atoms with Crippen LogP contribution in [0.3, 0.4) is 0 Å². The van der Waals surface area contributed by atoms with Crippen molar-refractivity contribution in [3.05, 3.63) is 58.2 Å². The summed E-state index contributed by atoms with van der Waals surface area (Å²) in [5.74, 6) is -0.927. The molecule has 3 aromatic rings. The molecule has 2 aromatic heterocycles. The van der Waals surface area contributed by atoms with Crippen LogP contribution in [0.2, 0.25) is 0 Å². The molecular weight excluding hydrogens is 375 g/mol. The SMILES string of the molecule is CCOC(=O)Cc1csc(NC(=O)c2ccc(-c3ccc(F)cc3)s2)n1. The zero-order valence-electron chi connectivity index (χ0n) is 13.8. The molecule has 0 atom stereocenters. The van der Waals surface area contributed by atoms with E-state index in [2.05, 4.69) is 10.3 Å². The van der Waals surface area contributed by atoms with Gasteiger partial charge in [0.2, 0.25) is 0 Å². The number of nitrogens with zero attached hydrogens (tertiary/aromatic N) is 1. The van der Waals surface area contributed by atoms with Gasteiger partial charge in [0.25, 0.3) is 5.91 Å². The fraction of sp³-hybridized carbons (Fsp3) is 0.167. The molecule has 0 aliphatic rings. The van der Waals surface area contributed by atoms with Gasteiger partial charge in [-0.2, -0.15) is 0 Å². The summed E-state index contributed by atoms with van der Waals surface area (Å²) in [4.78, 5) is 29.4. The first-order chi connectivity index (χ1) is 12.5. The molecule has 8 heteroatoms.